The molecule has 0 aliphatic carbocycles. The molecule has 1 rings (SSSR count). The zero-order valence-electron chi connectivity index (χ0n) is 7.38. The fourth-order valence-electron chi connectivity index (χ4n) is 1.10. The maximum Gasteiger partial charge on any atom is 0.161 e. The number of ether oxygens (including phenoxy) is 1. The van der Waals surface area contributed by atoms with Gasteiger partial charge in [-0.25, -0.2) is 0 Å². The Bertz CT molecular complexity index is 321. The molecule has 0 aromatic heterocycles. The van der Waals surface area contributed by atoms with Crippen LogP contribution in [0.15, 0.2) is 29.3 Å². The van der Waals surface area contributed by atoms with Crippen LogP contribution in [-0.4, -0.2) is 12.2 Å². The van der Waals surface area contributed by atoms with Gasteiger partial charge in [-0.2, -0.15) is 0 Å². The first kappa shape index (κ1) is 10.1. The van der Waals surface area contributed by atoms with E-state index < -0.39 is 0 Å². The molecule has 1 N–H and O–H groups in total. The Morgan fingerprint density at radius 3 is 2.85 bits per heavy atom. The summed E-state index contributed by atoms with van der Waals surface area (Å²) in [7, 11) is 1.53. The molecule has 0 saturated carbocycles. The number of aromatic hydroxyl groups is 1. The van der Waals surface area contributed by atoms with E-state index in [1.54, 1.807) is 12.1 Å². The van der Waals surface area contributed by atoms with Crippen molar-refractivity contribution in [2.75, 3.05) is 7.11 Å². The molecule has 2 nitrogen and oxygen atoms in total. The van der Waals surface area contributed by atoms with E-state index in [9.17, 15) is 5.11 Å². The van der Waals surface area contributed by atoms with Gasteiger partial charge in [0.2, 0.25) is 0 Å². The number of halogens is 1. The molecule has 1 aromatic rings. The molecule has 0 spiro atoms. The molecular weight excluding hydrogens is 232 g/mol. The third-order valence-corrected chi connectivity index (χ3v) is 2.16. The number of methoxy groups -OCH3 is 1. The van der Waals surface area contributed by atoms with Crippen LogP contribution in [0, 0.1) is 0 Å². The van der Waals surface area contributed by atoms with Gasteiger partial charge in [0.25, 0.3) is 0 Å². The molecule has 0 radical (unpaired) electrons. The second-order valence-electron chi connectivity index (χ2n) is 2.61. The predicted molar refractivity (Wildman–Crippen MR) is 56.3 cm³/mol. The van der Waals surface area contributed by atoms with E-state index in [1.807, 2.05) is 6.07 Å². The SMILES string of the molecule is C=CCc1cc(Br)cc(OC)c1O. The number of hydrogen-bond donors (Lipinski definition) is 1. The second kappa shape index (κ2) is 4.33. The minimum Gasteiger partial charge on any atom is -0.504 e. The summed E-state index contributed by atoms with van der Waals surface area (Å²) in [4.78, 5) is 0. The van der Waals surface area contributed by atoms with E-state index >= 15 is 0 Å². The van der Waals surface area contributed by atoms with Crippen LogP contribution in [-0.2, 0) is 6.42 Å². The van der Waals surface area contributed by atoms with Gasteiger partial charge in [-0.1, -0.05) is 22.0 Å². The molecule has 0 saturated heterocycles. The maximum absolute atomic E-state index is 9.65. The lowest BCUT2D eigenvalue weighted by molar-refractivity contribution is 0.371. The molecule has 0 fully saturated rings. The van der Waals surface area contributed by atoms with Gasteiger partial charge < -0.3 is 9.84 Å². The Balaban J connectivity index is 3.18. The summed E-state index contributed by atoms with van der Waals surface area (Å²) in [5, 5.41) is 9.65. The van der Waals surface area contributed by atoms with E-state index in [4.69, 9.17) is 4.74 Å². The van der Waals surface area contributed by atoms with Crippen molar-refractivity contribution in [2.24, 2.45) is 0 Å². The van der Waals surface area contributed by atoms with Crippen molar-refractivity contribution >= 4 is 15.9 Å². The first-order valence-electron chi connectivity index (χ1n) is 3.85. The quantitative estimate of drug-likeness (QED) is 0.827. The van der Waals surface area contributed by atoms with Gasteiger partial charge in [0.15, 0.2) is 11.5 Å². The highest BCUT2D eigenvalue weighted by atomic mass is 79.9. The summed E-state index contributed by atoms with van der Waals surface area (Å²) >= 11 is 3.33. The van der Waals surface area contributed by atoms with E-state index in [1.165, 1.54) is 7.11 Å². The van der Waals surface area contributed by atoms with Gasteiger partial charge in [-0.15, -0.1) is 6.58 Å². The summed E-state index contributed by atoms with van der Waals surface area (Å²) in [5.41, 5.74) is 0.807. The monoisotopic (exact) mass is 242 g/mol. The van der Waals surface area contributed by atoms with E-state index in [2.05, 4.69) is 22.5 Å². The van der Waals surface area contributed by atoms with Gasteiger partial charge in [0.05, 0.1) is 7.11 Å². The van der Waals surface area contributed by atoms with Crippen LogP contribution < -0.4 is 4.74 Å². The Kier molecular flexibility index (Phi) is 3.37. The molecule has 3 heteroatoms. The van der Waals surface area contributed by atoms with Crippen molar-refractivity contribution in [1.82, 2.24) is 0 Å². The van der Waals surface area contributed by atoms with Gasteiger partial charge in [-0.3, -0.25) is 0 Å². The molecule has 70 valence electrons. The van der Waals surface area contributed by atoms with Crippen LogP contribution in [0.2, 0.25) is 0 Å². The number of benzene rings is 1. The zero-order valence-corrected chi connectivity index (χ0v) is 8.97. The van der Waals surface area contributed by atoms with Crippen molar-refractivity contribution < 1.29 is 9.84 Å². The average Bonchev–Trinajstić information content (AvgIpc) is 2.11. The predicted octanol–water partition coefficient (Wildman–Crippen LogP) is 2.89. The maximum atomic E-state index is 9.65. The van der Waals surface area contributed by atoms with E-state index in [0.29, 0.717) is 12.2 Å². The second-order valence-corrected chi connectivity index (χ2v) is 3.52. The van der Waals surface area contributed by atoms with Crippen molar-refractivity contribution in [3.8, 4) is 11.5 Å². The van der Waals surface area contributed by atoms with E-state index in [0.717, 1.165) is 10.0 Å². The normalized spacial score (nSPS) is 9.69. The lowest BCUT2D eigenvalue weighted by Gasteiger charge is -2.08. The Hall–Kier alpha value is -0.960. The van der Waals surface area contributed by atoms with Gasteiger partial charge >= 0.3 is 0 Å². The number of allylic oxidation sites excluding steroid dienone is 1. The van der Waals surface area contributed by atoms with Crippen LogP contribution in [0.1, 0.15) is 5.56 Å². The lowest BCUT2D eigenvalue weighted by Crippen LogP contribution is -1.89. The first-order chi connectivity index (χ1) is 6.19. The number of phenolic OH excluding ortho intramolecular Hbond substituents is 1. The summed E-state index contributed by atoms with van der Waals surface area (Å²) in [6, 6.07) is 3.57. The van der Waals surface area contributed by atoms with E-state index in [-0.39, 0.29) is 5.75 Å². The number of phenols is 1. The largest absolute Gasteiger partial charge is 0.504 e. The van der Waals surface area contributed by atoms with Crippen LogP contribution in [0.4, 0.5) is 0 Å². The minimum atomic E-state index is 0.186. The Morgan fingerprint density at radius 1 is 1.62 bits per heavy atom. The fraction of sp³-hybridized carbons (Fsp3) is 0.200. The topological polar surface area (TPSA) is 29.5 Å². The average molecular weight is 243 g/mol. The molecule has 0 atom stereocenters. The van der Waals surface area contributed by atoms with Gasteiger partial charge in [0.1, 0.15) is 0 Å². The highest BCUT2D eigenvalue weighted by molar-refractivity contribution is 9.10. The van der Waals surface area contributed by atoms with Crippen LogP contribution in [0.25, 0.3) is 0 Å². The number of hydrogen-bond acceptors (Lipinski definition) is 2. The lowest BCUT2D eigenvalue weighted by atomic mass is 10.1. The number of rotatable bonds is 3. The molecule has 13 heavy (non-hydrogen) atoms. The third kappa shape index (κ3) is 2.25. The molecule has 0 unspecified atom stereocenters. The standard InChI is InChI=1S/C10H11BrO2/c1-3-4-7-5-8(11)6-9(13-2)10(7)12/h3,5-6,12H,1,4H2,2H3. The van der Waals surface area contributed by atoms with Crippen molar-refractivity contribution in [3.63, 3.8) is 0 Å². The summed E-state index contributed by atoms with van der Waals surface area (Å²) in [6.45, 7) is 3.62. The first-order valence-corrected chi connectivity index (χ1v) is 4.64. The molecule has 0 bridgehead atoms. The van der Waals surface area contributed by atoms with Crippen molar-refractivity contribution in [3.05, 3.63) is 34.8 Å². The fourth-order valence-corrected chi connectivity index (χ4v) is 1.58. The van der Waals surface area contributed by atoms with Crippen molar-refractivity contribution in [1.29, 1.82) is 0 Å². The Labute approximate surface area is 86.0 Å². The van der Waals surface area contributed by atoms with Gasteiger partial charge in [-0.05, 0) is 18.6 Å². The molecule has 1 aromatic carbocycles. The summed E-state index contributed by atoms with van der Waals surface area (Å²) in [6.07, 6.45) is 2.36. The molecule has 0 amide bonds. The summed E-state index contributed by atoms with van der Waals surface area (Å²) < 4.78 is 5.89. The summed E-state index contributed by atoms with van der Waals surface area (Å²) in [5.74, 6) is 0.664. The minimum absolute atomic E-state index is 0.186. The van der Waals surface area contributed by atoms with Crippen LogP contribution in [0.3, 0.4) is 0 Å². The van der Waals surface area contributed by atoms with Gasteiger partial charge in [0, 0.05) is 10.0 Å². The molecular formula is C10H11BrO2. The smallest absolute Gasteiger partial charge is 0.161 e. The van der Waals surface area contributed by atoms with Crippen LogP contribution in [0.5, 0.6) is 11.5 Å². The Morgan fingerprint density at radius 2 is 2.31 bits per heavy atom. The zero-order chi connectivity index (χ0) is 9.84. The third-order valence-electron chi connectivity index (χ3n) is 1.70. The van der Waals surface area contributed by atoms with Crippen LogP contribution >= 0.6 is 15.9 Å². The molecule has 0 aliphatic heterocycles. The van der Waals surface area contributed by atoms with Crippen molar-refractivity contribution in [2.45, 2.75) is 6.42 Å². The highest BCUT2D eigenvalue weighted by Gasteiger charge is 2.07. The molecule has 0 aliphatic rings. The molecule has 0 heterocycles. The highest BCUT2D eigenvalue weighted by Crippen LogP contribution is 2.33.